The van der Waals surface area contributed by atoms with Crippen molar-refractivity contribution in [1.29, 1.82) is 0 Å². The van der Waals surface area contributed by atoms with Gasteiger partial charge in [0.25, 0.3) is 0 Å². The first-order valence-corrected chi connectivity index (χ1v) is 8.15. The van der Waals surface area contributed by atoms with Gasteiger partial charge in [-0.3, -0.25) is 4.79 Å². The van der Waals surface area contributed by atoms with Gasteiger partial charge in [-0.2, -0.15) is 0 Å². The number of benzene rings is 1. The lowest BCUT2D eigenvalue weighted by Crippen LogP contribution is -2.44. The molecule has 148 valence electrons. The normalized spacial score (nSPS) is 15.0. The zero-order chi connectivity index (χ0) is 17.6. The number of hydrogen-bond donors (Lipinski definition) is 2. The van der Waals surface area contributed by atoms with Crippen molar-refractivity contribution in [2.45, 2.75) is 18.9 Å². The van der Waals surface area contributed by atoms with Gasteiger partial charge < -0.3 is 20.5 Å². The molecule has 1 unspecified atom stereocenters. The molecule has 1 aromatic carbocycles. The summed E-state index contributed by atoms with van der Waals surface area (Å²) in [6.07, 6.45) is 3.05. The number of nitrogens with two attached hydrogens (primary N) is 1. The minimum atomic E-state index is -0.583. The second-order valence-corrected chi connectivity index (χ2v) is 5.90. The van der Waals surface area contributed by atoms with Gasteiger partial charge in [0, 0.05) is 13.2 Å². The average molecular weight is 418 g/mol. The van der Waals surface area contributed by atoms with Gasteiger partial charge in [-0.1, -0.05) is 0 Å². The van der Waals surface area contributed by atoms with E-state index in [4.69, 9.17) is 15.2 Å². The molecule has 27 heavy (non-hydrogen) atoms. The highest BCUT2D eigenvalue weighted by Crippen LogP contribution is 2.22. The van der Waals surface area contributed by atoms with Crippen LogP contribution in [0.25, 0.3) is 0 Å². The number of anilines is 1. The van der Waals surface area contributed by atoms with Crippen LogP contribution >= 0.6 is 24.8 Å². The quantitative estimate of drug-likeness (QED) is 0.776. The molecule has 3 rings (SSSR count). The summed E-state index contributed by atoms with van der Waals surface area (Å²) in [6.45, 7) is 1.28. The van der Waals surface area contributed by atoms with Crippen LogP contribution < -0.4 is 15.8 Å². The number of halogens is 3. The zero-order valence-electron chi connectivity index (χ0n) is 14.5. The first-order chi connectivity index (χ1) is 12.1. The van der Waals surface area contributed by atoms with E-state index in [1.807, 2.05) is 0 Å². The molecule has 2 aromatic rings. The SMILES string of the molecule is Cl.Cl.NC(C(=O)Nc1ccc(Oc2ccc(F)cc2)cn1)C1CCOCC1. The van der Waals surface area contributed by atoms with E-state index in [0.717, 1.165) is 12.8 Å². The van der Waals surface area contributed by atoms with Gasteiger partial charge in [-0.25, -0.2) is 9.37 Å². The minimum Gasteiger partial charge on any atom is -0.456 e. The third-order valence-corrected chi connectivity index (χ3v) is 4.11. The van der Waals surface area contributed by atoms with Gasteiger partial charge in [0.1, 0.15) is 23.1 Å². The summed E-state index contributed by atoms with van der Waals surface area (Å²) < 4.78 is 23.7. The fraction of sp³-hybridized carbons (Fsp3) is 0.333. The number of hydrogen-bond acceptors (Lipinski definition) is 5. The molecule has 6 nitrogen and oxygen atoms in total. The maximum atomic E-state index is 12.9. The Hall–Kier alpha value is -1.93. The standard InChI is InChI=1S/C18H20FN3O3.2ClH/c19-13-1-3-14(4-2-13)25-15-5-6-16(21-11-15)22-18(23)17(20)12-7-9-24-10-8-12;;/h1-6,11-12,17H,7-10,20H2,(H,21,22,23);2*1H. The van der Waals surface area contributed by atoms with Crippen LogP contribution in [-0.2, 0) is 9.53 Å². The monoisotopic (exact) mass is 417 g/mol. The van der Waals surface area contributed by atoms with Crippen LogP contribution in [0.3, 0.4) is 0 Å². The summed E-state index contributed by atoms with van der Waals surface area (Å²) >= 11 is 0. The zero-order valence-corrected chi connectivity index (χ0v) is 16.1. The Morgan fingerprint density at radius 2 is 1.78 bits per heavy atom. The van der Waals surface area contributed by atoms with Gasteiger partial charge in [0.05, 0.1) is 12.2 Å². The molecule has 0 spiro atoms. The molecular formula is C18H22Cl2FN3O3. The van der Waals surface area contributed by atoms with Gasteiger partial charge in [-0.15, -0.1) is 24.8 Å². The molecular weight excluding hydrogens is 396 g/mol. The number of carbonyl (C=O) groups is 1. The maximum Gasteiger partial charge on any atom is 0.242 e. The third kappa shape index (κ3) is 6.62. The topological polar surface area (TPSA) is 86.5 Å². The number of pyridine rings is 1. The van der Waals surface area contributed by atoms with Crippen molar-refractivity contribution >= 4 is 36.5 Å². The summed E-state index contributed by atoms with van der Waals surface area (Å²) in [7, 11) is 0. The minimum absolute atomic E-state index is 0. The second-order valence-electron chi connectivity index (χ2n) is 5.90. The highest BCUT2D eigenvalue weighted by molar-refractivity contribution is 5.94. The van der Waals surface area contributed by atoms with Gasteiger partial charge in [0.2, 0.25) is 5.91 Å². The van der Waals surface area contributed by atoms with E-state index in [0.29, 0.717) is 30.5 Å². The van der Waals surface area contributed by atoms with Crippen molar-refractivity contribution in [3.05, 3.63) is 48.4 Å². The van der Waals surface area contributed by atoms with E-state index in [1.165, 1.54) is 30.5 Å². The predicted molar refractivity (Wildman–Crippen MR) is 105 cm³/mol. The van der Waals surface area contributed by atoms with Crippen molar-refractivity contribution in [1.82, 2.24) is 4.98 Å². The van der Waals surface area contributed by atoms with E-state index >= 15 is 0 Å². The lowest BCUT2D eigenvalue weighted by molar-refractivity contribution is -0.119. The molecule has 1 aliphatic rings. The molecule has 1 fully saturated rings. The first-order valence-electron chi connectivity index (χ1n) is 8.15. The highest BCUT2D eigenvalue weighted by Gasteiger charge is 2.26. The summed E-state index contributed by atoms with van der Waals surface area (Å²) in [5.74, 6) is 0.921. The van der Waals surface area contributed by atoms with E-state index in [1.54, 1.807) is 12.1 Å². The molecule has 1 aromatic heterocycles. The number of rotatable bonds is 5. The number of nitrogens with zero attached hydrogens (tertiary/aromatic N) is 1. The van der Waals surface area contributed by atoms with Crippen LogP contribution in [-0.4, -0.2) is 30.1 Å². The molecule has 1 atom stereocenters. The number of amides is 1. The Labute approximate surface area is 169 Å². The summed E-state index contributed by atoms with van der Waals surface area (Å²) in [4.78, 5) is 16.4. The lowest BCUT2D eigenvalue weighted by Gasteiger charge is -2.26. The Bertz CT molecular complexity index is 711. The van der Waals surface area contributed by atoms with E-state index in [2.05, 4.69) is 10.3 Å². The summed E-state index contributed by atoms with van der Waals surface area (Å²) in [5, 5.41) is 2.72. The van der Waals surface area contributed by atoms with Crippen molar-refractivity contribution in [3.63, 3.8) is 0 Å². The fourth-order valence-electron chi connectivity index (χ4n) is 2.65. The van der Waals surface area contributed by atoms with E-state index in [-0.39, 0.29) is 42.5 Å². The average Bonchev–Trinajstić information content (AvgIpc) is 2.65. The van der Waals surface area contributed by atoms with E-state index < -0.39 is 6.04 Å². The lowest BCUT2D eigenvalue weighted by atomic mass is 9.92. The maximum absolute atomic E-state index is 12.9. The Kier molecular flexibility index (Phi) is 9.45. The first kappa shape index (κ1) is 23.1. The third-order valence-electron chi connectivity index (χ3n) is 4.11. The molecule has 1 aliphatic heterocycles. The largest absolute Gasteiger partial charge is 0.456 e. The molecule has 1 amide bonds. The summed E-state index contributed by atoms with van der Waals surface area (Å²) in [5.41, 5.74) is 6.03. The van der Waals surface area contributed by atoms with Gasteiger partial charge in [0.15, 0.2) is 0 Å². The van der Waals surface area contributed by atoms with Crippen molar-refractivity contribution < 1.29 is 18.7 Å². The Morgan fingerprint density at radius 3 is 2.37 bits per heavy atom. The fourth-order valence-corrected chi connectivity index (χ4v) is 2.65. The van der Waals surface area contributed by atoms with Gasteiger partial charge >= 0.3 is 0 Å². The number of carbonyl (C=O) groups excluding carboxylic acids is 1. The molecule has 1 saturated heterocycles. The predicted octanol–water partition coefficient (Wildman–Crippen LogP) is 3.55. The second kappa shape index (κ2) is 11.0. The van der Waals surface area contributed by atoms with Crippen molar-refractivity contribution in [2.24, 2.45) is 11.7 Å². The smallest absolute Gasteiger partial charge is 0.242 e. The van der Waals surface area contributed by atoms with Crippen LogP contribution in [0.15, 0.2) is 42.6 Å². The number of ether oxygens (including phenoxy) is 2. The molecule has 0 saturated carbocycles. The van der Waals surface area contributed by atoms with Crippen molar-refractivity contribution in [3.8, 4) is 11.5 Å². The van der Waals surface area contributed by atoms with Crippen LogP contribution in [0, 0.1) is 11.7 Å². The molecule has 9 heteroatoms. The Morgan fingerprint density at radius 1 is 1.15 bits per heavy atom. The Balaban J connectivity index is 0.00000182. The molecule has 0 aliphatic carbocycles. The van der Waals surface area contributed by atoms with Gasteiger partial charge in [-0.05, 0) is 55.2 Å². The van der Waals surface area contributed by atoms with Crippen molar-refractivity contribution in [2.75, 3.05) is 18.5 Å². The highest BCUT2D eigenvalue weighted by atomic mass is 35.5. The molecule has 0 bridgehead atoms. The van der Waals surface area contributed by atoms with Crippen LogP contribution in [0.4, 0.5) is 10.2 Å². The van der Waals surface area contributed by atoms with E-state index in [9.17, 15) is 9.18 Å². The number of aromatic nitrogens is 1. The van der Waals surface area contributed by atoms with Crippen LogP contribution in [0.1, 0.15) is 12.8 Å². The van der Waals surface area contributed by atoms with Crippen LogP contribution in [0.5, 0.6) is 11.5 Å². The molecule has 0 radical (unpaired) electrons. The molecule has 3 N–H and O–H groups in total. The summed E-state index contributed by atoms with van der Waals surface area (Å²) in [6, 6.07) is 8.40. The number of nitrogens with one attached hydrogen (secondary N) is 1. The molecule has 2 heterocycles. The van der Waals surface area contributed by atoms with Crippen LogP contribution in [0.2, 0.25) is 0 Å².